The number of aromatic amines is 1. The maximum Gasteiger partial charge on any atom is 0.173 e. The van der Waals surface area contributed by atoms with Gasteiger partial charge in [0, 0.05) is 0 Å². The van der Waals surface area contributed by atoms with Gasteiger partial charge in [-0.05, 0) is 5.56 Å². The Kier molecular flexibility index (Phi) is 2.22. The molecular weight excluding hydrogens is 214 g/mol. The van der Waals surface area contributed by atoms with Gasteiger partial charge in [-0.1, -0.05) is 30.3 Å². The Bertz CT molecular complexity index is 695. The third kappa shape index (κ3) is 1.71. The van der Waals surface area contributed by atoms with Gasteiger partial charge in [0.25, 0.3) is 0 Å². The Morgan fingerprint density at radius 2 is 2.00 bits per heavy atom. The first-order valence-corrected chi connectivity index (χ1v) is 5.31. The number of nitrogens with zero attached hydrogens (tertiary/aromatic N) is 3. The topological polar surface area (TPSA) is 70.3 Å². The van der Waals surface area contributed by atoms with Crippen LogP contribution in [0.25, 0.3) is 11.2 Å². The maximum absolute atomic E-state index is 7.66. The van der Waals surface area contributed by atoms with Gasteiger partial charge in [0.1, 0.15) is 5.52 Å². The van der Waals surface area contributed by atoms with Crippen molar-refractivity contribution in [1.29, 1.82) is 5.41 Å². The summed E-state index contributed by atoms with van der Waals surface area (Å²) in [7, 11) is 0. The molecule has 0 aliphatic rings. The average Bonchev–Trinajstić information content (AvgIpc) is 2.84. The van der Waals surface area contributed by atoms with E-state index >= 15 is 0 Å². The van der Waals surface area contributed by atoms with E-state index in [1.165, 1.54) is 5.56 Å². The van der Waals surface area contributed by atoms with Crippen LogP contribution in [0.5, 0.6) is 0 Å². The molecule has 0 saturated carbocycles. The Balaban J connectivity index is 2.10. The largest absolute Gasteiger partial charge is 0.340 e. The van der Waals surface area contributed by atoms with E-state index in [0.717, 1.165) is 5.65 Å². The first-order chi connectivity index (χ1) is 8.34. The van der Waals surface area contributed by atoms with Crippen molar-refractivity contribution in [3.8, 4) is 0 Å². The normalized spacial score (nSPS) is 10.8. The summed E-state index contributed by atoms with van der Waals surface area (Å²) in [6.45, 7) is 0.704. The van der Waals surface area contributed by atoms with Crippen LogP contribution in [0.3, 0.4) is 0 Å². The van der Waals surface area contributed by atoms with Gasteiger partial charge in [-0.3, -0.25) is 5.41 Å². The molecule has 1 aromatic carbocycles. The second-order valence-corrected chi connectivity index (χ2v) is 3.81. The lowest BCUT2D eigenvalue weighted by Gasteiger charge is -2.06. The summed E-state index contributed by atoms with van der Waals surface area (Å²) in [4.78, 5) is 11.2. The van der Waals surface area contributed by atoms with Gasteiger partial charge in [-0.2, -0.15) is 0 Å². The Hall–Kier alpha value is -2.43. The molecule has 0 atom stereocenters. The monoisotopic (exact) mass is 225 g/mol. The quantitative estimate of drug-likeness (QED) is 0.689. The zero-order valence-electron chi connectivity index (χ0n) is 9.09. The molecule has 5 nitrogen and oxygen atoms in total. The number of hydrogen-bond acceptors (Lipinski definition) is 3. The van der Waals surface area contributed by atoms with Crippen LogP contribution in [-0.2, 0) is 6.54 Å². The Morgan fingerprint density at radius 1 is 1.18 bits per heavy atom. The molecule has 0 saturated heterocycles. The van der Waals surface area contributed by atoms with E-state index in [1.807, 2.05) is 22.8 Å². The Labute approximate surface area is 97.3 Å². The molecule has 0 unspecified atom stereocenters. The van der Waals surface area contributed by atoms with E-state index in [1.54, 1.807) is 12.7 Å². The molecule has 0 bridgehead atoms. The SMILES string of the molecule is N=c1ncn(Cc2ccccc2)c2nc[nH]c12. The highest BCUT2D eigenvalue weighted by atomic mass is 15.1. The maximum atomic E-state index is 7.66. The second kappa shape index (κ2) is 3.86. The third-order valence-corrected chi connectivity index (χ3v) is 2.65. The van der Waals surface area contributed by atoms with E-state index < -0.39 is 0 Å². The summed E-state index contributed by atoms with van der Waals surface area (Å²) in [6, 6.07) is 10.1. The van der Waals surface area contributed by atoms with Crippen LogP contribution in [0.15, 0.2) is 43.0 Å². The second-order valence-electron chi connectivity index (χ2n) is 3.81. The molecule has 2 aromatic heterocycles. The summed E-state index contributed by atoms with van der Waals surface area (Å²) in [6.07, 6.45) is 3.24. The van der Waals surface area contributed by atoms with Gasteiger partial charge < -0.3 is 9.55 Å². The Morgan fingerprint density at radius 3 is 2.82 bits per heavy atom. The van der Waals surface area contributed by atoms with Gasteiger partial charge in [0.15, 0.2) is 11.1 Å². The number of aromatic nitrogens is 4. The van der Waals surface area contributed by atoms with Crippen molar-refractivity contribution >= 4 is 11.2 Å². The number of H-pyrrole nitrogens is 1. The fourth-order valence-corrected chi connectivity index (χ4v) is 1.82. The first-order valence-electron chi connectivity index (χ1n) is 5.31. The molecule has 0 aliphatic carbocycles. The van der Waals surface area contributed by atoms with Crippen LogP contribution < -0.4 is 5.49 Å². The van der Waals surface area contributed by atoms with Crippen molar-refractivity contribution in [2.75, 3.05) is 0 Å². The molecule has 3 aromatic rings. The van der Waals surface area contributed by atoms with Crippen LogP contribution in [0.1, 0.15) is 5.56 Å². The number of imidazole rings is 1. The lowest BCUT2D eigenvalue weighted by atomic mass is 10.2. The predicted octanol–water partition coefficient (Wildman–Crippen LogP) is 1.29. The molecule has 17 heavy (non-hydrogen) atoms. The van der Waals surface area contributed by atoms with Crippen molar-refractivity contribution in [1.82, 2.24) is 19.5 Å². The fourth-order valence-electron chi connectivity index (χ4n) is 1.82. The van der Waals surface area contributed by atoms with Crippen molar-refractivity contribution in [3.05, 3.63) is 54.0 Å². The molecule has 0 spiro atoms. The zero-order chi connectivity index (χ0) is 11.7. The molecule has 2 heterocycles. The van der Waals surface area contributed by atoms with Gasteiger partial charge in [0.05, 0.1) is 19.2 Å². The molecule has 0 fully saturated rings. The molecule has 3 rings (SSSR count). The summed E-state index contributed by atoms with van der Waals surface area (Å²) < 4.78 is 1.93. The van der Waals surface area contributed by atoms with Gasteiger partial charge in [0.2, 0.25) is 0 Å². The molecule has 0 aliphatic heterocycles. The summed E-state index contributed by atoms with van der Waals surface area (Å²) in [5.41, 5.74) is 2.83. The van der Waals surface area contributed by atoms with Gasteiger partial charge in [-0.25, -0.2) is 9.97 Å². The summed E-state index contributed by atoms with van der Waals surface area (Å²) >= 11 is 0. The minimum Gasteiger partial charge on any atom is -0.340 e. The lowest BCUT2D eigenvalue weighted by Crippen LogP contribution is -2.13. The highest BCUT2D eigenvalue weighted by molar-refractivity contribution is 5.68. The highest BCUT2D eigenvalue weighted by Crippen LogP contribution is 2.07. The predicted molar refractivity (Wildman–Crippen MR) is 63.3 cm³/mol. The number of hydrogen-bond donors (Lipinski definition) is 2. The van der Waals surface area contributed by atoms with Crippen molar-refractivity contribution in [2.45, 2.75) is 6.54 Å². The number of fused-ring (bicyclic) bond motifs is 1. The average molecular weight is 225 g/mol. The number of benzene rings is 1. The minimum absolute atomic E-state index is 0.224. The molecule has 5 heteroatoms. The minimum atomic E-state index is 0.224. The highest BCUT2D eigenvalue weighted by Gasteiger charge is 2.04. The smallest absolute Gasteiger partial charge is 0.173 e. The van der Waals surface area contributed by atoms with Crippen molar-refractivity contribution in [2.24, 2.45) is 0 Å². The summed E-state index contributed by atoms with van der Waals surface area (Å²) in [5, 5.41) is 7.66. The van der Waals surface area contributed by atoms with E-state index in [0.29, 0.717) is 12.1 Å². The lowest BCUT2D eigenvalue weighted by molar-refractivity contribution is 0.784. The van der Waals surface area contributed by atoms with Crippen LogP contribution in [-0.4, -0.2) is 19.5 Å². The zero-order valence-corrected chi connectivity index (χ0v) is 9.09. The first kappa shape index (κ1) is 9.77. The number of rotatable bonds is 2. The molecule has 2 N–H and O–H groups in total. The van der Waals surface area contributed by atoms with Crippen LogP contribution in [0.2, 0.25) is 0 Å². The fraction of sp³-hybridized carbons (Fsp3) is 0.0833. The van der Waals surface area contributed by atoms with Crippen LogP contribution >= 0.6 is 0 Å². The van der Waals surface area contributed by atoms with Crippen LogP contribution in [0, 0.1) is 5.41 Å². The number of nitrogens with one attached hydrogen (secondary N) is 2. The molecule has 84 valence electrons. The van der Waals surface area contributed by atoms with E-state index in [4.69, 9.17) is 5.41 Å². The molecule has 0 radical (unpaired) electrons. The van der Waals surface area contributed by atoms with E-state index in [2.05, 4.69) is 27.1 Å². The van der Waals surface area contributed by atoms with Crippen molar-refractivity contribution in [3.63, 3.8) is 0 Å². The van der Waals surface area contributed by atoms with Gasteiger partial charge in [-0.15, -0.1) is 0 Å². The summed E-state index contributed by atoms with van der Waals surface area (Å²) in [5.74, 6) is 0. The van der Waals surface area contributed by atoms with E-state index in [-0.39, 0.29) is 5.49 Å². The van der Waals surface area contributed by atoms with Crippen LogP contribution in [0.4, 0.5) is 0 Å². The van der Waals surface area contributed by atoms with Gasteiger partial charge >= 0.3 is 0 Å². The standard InChI is InChI=1S/C12H11N5/c13-11-10-12(15-7-14-10)17(8-16-11)6-9-4-2-1-3-5-9/h1-5,7-8,13H,6H2,(H,14,15). The molecule has 0 amide bonds. The van der Waals surface area contributed by atoms with E-state index in [9.17, 15) is 0 Å². The third-order valence-electron chi connectivity index (χ3n) is 2.65. The van der Waals surface area contributed by atoms with Crippen molar-refractivity contribution < 1.29 is 0 Å². The molecular formula is C12H11N5.